The second-order valence-electron chi connectivity index (χ2n) is 8.24. The first-order chi connectivity index (χ1) is 14.6. The lowest BCUT2D eigenvalue weighted by molar-refractivity contribution is -0.132. The summed E-state index contributed by atoms with van der Waals surface area (Å²) in [5, 5.41) is 0.721. The molecule has 7 heteroatoms. The number of aromatic nitrogens is 3. The monoisotopic (exact) mass is 423 g/mol. The fourth-order valence-electron chi connectivity index (χ4n) is 4.19. The standard InChI is InChI=1S/C23H26ClN5O/c1-2-22(30)28-11-9-27(10-12-28)15-20-23(17-5-7-18(24)8-6-17)26-21-13-25-19(14-29(20)21)16-3-4-16/h5-8,13-14,16H,2-4,9-12,15H2,1H3. The van der Waals surface area contributed by atoms with E-state index in [1.54, 1.807) is 0 Å². The Balaban J connectivity index is 1.48. The summed E-state index contributed by atoms with van der Waals surface area (Å²) in [6, 6.07) is 7.88. The van der Waals surface area contributed by atoms with Gasteiger partial charge in [0.25, 0.3) is 0 Å². The first kappa shape index (κ1) is 19.5. The van der Waals surface area contributed by atoms with E-state index in [0.717, 1.165) is 60.3 Å². The SMILES string of the molecule is CCC(=O)N1CCN(Cc2c(-c3ccc(Cl)cc3)nc3cnc(C4CC4)cn23)CC1. The van der Waals surface area contributed by atoms with E-state index < -0.39 is 0 Å². The van der Waals surface area contributed by atoms with Crippen molar-refractivity contribution in [1.29, 1.82) is 0 Å². The number of amides is 1. The maximum absolute atomic E-state index is 12.0. The number of piperazine rings is 1. The van der Waals surface area contributed by atoms with Crippen molar-refractivity contribution in [2.75, 3.05) is 26.2 Å². The molecule has 0 atom stereocenters. The number of fused-ring (bicyclic) bond motifs is 1. The van der Waals surface area contributed by atoms with Crippen molar-refractivity contribution in [3.63, 3.8) is 0 Å². The number of hydrogen-bond acceptors (Lipinski definition) is 4. The molecule has 3 aromatic rings. The molecule has 1 aromatic carbocycles. The van der Waals surface area contributed by atoms with Crippen molar-refractivity contribution in [2.45, 2.75) is 38.6 Å². The van der Waals surface area contributed by atoms with Gasteiger partial charge in [0.15, 0.2) is 5.65 Å². The Bertz CT molecular complexity index is 1070. The van der Waals surface area contributed by atoms with Gasteiger partial charge in [0.05, 0.1) is 23.3 Å². The van der Waals surface area contributed by atoms with Crippen molar-refractivity contribution in [3.05, 3.63) is 53.1 Å². The molecule has 0 spiro atoms. The number of halogens is 1. The minimum Gasteiger partial charge on any atom is -0.340 e. The van der Waals surface area contributed by atoms with Crippen LogP contribution in [-0.2, 0) is 11.3 Å². The molecule has 3 heterocycles. The number of benzene rings is 1. The molecule has 156 valence electrons. The van der Waals surface area contributed by atoms with Gasteiger partial charge in [-0.1, -0.05) is 30.7 Å². The van der Waals surface area contributed by atoms with Crippen molar-refractivity contribution in [3.8, 4) is 11.3 Å². The van der Waals surface area contributed by atoms with Crippen LogP contribution in [0.1, 0.15) is 43.5 Å². The first-order valence-corrected chi connectivity index (χ1v) is 11.1. The summed E-state index contributed by atoms with van der Waals surface area (Å²) in [5.74, 6) is 0.832. The van der Waals surface area contributed by atoms with Gasteiger partial charge >= 0.3 is 0 Å². The summed E-state index contributed by atoms with van der Waals surface area (Å²) in [7, 11) is 0. The molecule has 2 fully saturated rings. The second kappa shape index (κ2) is 8.00. The van der Waals surface area contributed by atoms with Gasteiger partial charge in [0.1, 0.15) is 0 Å². The minimum atomic E-state index is 0.242. The number of carbonyl (C=O) groups is 1. The van der Waals surface area contributed by atoms with Gasteiger partial charge in [-0.2, -0.15) is 0 Å². The molecule has 2 aromatic heterocycles. The zero-order valence-electron chi connectivity index (χ0n) is 17.2. The molecule has 0 radical (unpaired) electrons. The molecule has 6 nitrogen and oxygen atoms in total. The number of imidazole rings is 1. The highest BCUT2D eigenvalue weighted by molar-refractivity contribution is 6.30. The summed E-state index contributed by atoms with van der Waals surface area (Å²) in [6.07, 6.45) is 7.09. The second-order valence-corrected chi connectivity index (χ2v) is 8.68. The maximum atomic E-state index is 12.0. The Kier molecular flexibility index (Phi) is 5.21. The average Bonchev–Trinajstić information content (AvgIpc) is 3.57. The minimum absolute atomic E-state index is 0.242. The van der Waals surface area contributed by atoms with Crippen molar-refractivity contribution >= 4 is 23.2 Å². The predicted octanol–water partition coefficient (Wildman–Crippen LogP) is 3.98. The van der Waals surface area contributed by atoms with Gasteiger partial charge in [0.2, 0.25) is 5.91 Å². The highest BCUT2D eigenvalue weighted by atomic mass is 35.5. The fourth-order valence-corrected chi connectivity index (χ4v) is 4.31. The molecule has 1 saturated heterocycles. The summed E-state index contributed by atoms with van der Waals surface area (Å²) >= 11 is 6.11. The van der Waals surface area contributed by atoms with Crippen molar-refractivity contribution in [1.82, 2.24) is 24.2 Å². The van der Waals surface area contributed by atoms with E-state index in [1.165, 1.54) is 18.5 Å². The number of hydrogen-bond donors (Lipinski definition) is 0. The van der Waals surface area contributed by atoms with Crippen molar-refractivity contribution < 1.29 is 4.79 Å². The molecule has 0 unspecified atom stereocenters. The third-order valence-corrected chi connectivity index (χ3v) is 6.39. The van der Waals surface area contributed by atoms with E-state index in [2.05, 4.69) is 20.5 Å². The number of carbonyl (C=O) groups excluding carboxylic acids is 1. The summed E-state index contributed by atoms with van der Waals surface area (Å²) in [5.41, 5.74) is 5.24. The van der Waals surface area contributed by atoms with Gasteiger partial charge in [0, 0.05) is 61.8 Å². The third-order valence-electron chi connectivity index (χ3n) is 6.14. The molecular weight excluding hydrogens is 398 g/mol. The van der Waals surface area contributed by atoms with E-state index in [1.807, 2.05) is 42.3 Å². The van der Waals surface area contributed by atoms with E-state index in [9.17, 15) is 4.79 Å². The molecule has 5 rings (SSSR count). The molecule has 1 aliphatic heterocycles. The Hall–Kier alpha value is -2.44. The number of nitrogens with zero attached hydrogens (tertiary/aromatic N) is 5. The smallest absolute Gasteiger partial charge is 0.222 e. The molecule has 30 heavy (non-hydrogen) atoms. The molecule has 1 saturated carbocycles. The van der Waals surface area contributed by atoms with Crippen LogP contribution in [0.3, 0.4) is 0 Å². The highest BCUT2D eigenvalue weighted by Gasteiger charge is 2.27. The van der Waals surface area contributed by atoms with Crippen molar-refractivity contribution in [2.24, 2.45) is 0 Å². The van der Waals surface area contributed by atoms with Crippen LogP contribution >= 0.6 is 11.6 Å². The predicted molar refractivity (Wildman–Crippen MR) is 118 cm³/mol. The van der Waals surface area contributed by atoms with Gasteiger partial charge < -0.3 is 4.90 Å². The molecule has 0 bridgehead atoms. The third kappa shape index (κ3) is 3.82. The fraction of sp³-hybridized carbons (Fsp3) is 0.435. The van der Waals surface area contributed by atoms with Crippen LogP contribution in [0, 0.1) is 0 Å². The van der Waals surface area contributed by atoms with Crippen LogP contribution in [0.2, 0.25) is 5.02 Å². The van der Waals surface area contributed by atoms with E-state index in [0.29, 0.717) is 12.3 Å². The summed E-state index contributed by atoms with van der Waals surface area (Å²) in [6.45, 7) is 6.04. The van der Waals surface area contributed by atoms with Gasteiger partial charge in [-0.05, 0) is 25.0 Å². The molecule has 1 amide bonds. The van der Waals surface area contributed by atoms with Crippen LogP contribution in [0.5, 0.6) is 0 Å². The van der Waals surface area contributed by atoms with Crippen LogP contribution in [-0.4, -0.2) is 56.3 Å². The Morgan fingerprint density at radius 2 is 1.87 bits per heavy atom. The van der Waals surface area contributed by atoms with Crippen LogP contribution in [0.4, 0.5) is 0 Å². The summed E-state index contributed by atoms with van der Waals surface area (Å²) < 4.78 is 2.22. The van der Waals surface area contributed by atoms with Gasteiger partial charge in [-0.25, -0.2) is 4.98 Å². The van der Waals surface area contributed by atoms with Crippen LogP contribution in [0.15, 0.2) is 36.7 Å². The normalized spacial score (nSPS) is 17.6. The lowest BCUT2D eigenvalue weighted by atomic mass is 10.1. The van der Waals surface area contributed by atoms with E-state index >= 15 is 0 Å². The lowest BCUT2D eigenvalue weighted by Crippen LogP contribution is -2.48. The lowest BCUT2D eigenvalue weighted by Gasteiger charge is -2.34. The molecular formula is C23H26ClN5O. The zero-order chi connectivity index (χ0) is 20.7. The van der Waals surface area contributed by atoms with Crippen LogP contribution in [0.25, 0.3) is 16.9 Å². The first-order valence-electron chi connectivity index (χ1n) is 10.8. The Labute approximate surface area is 181 Å². The Morgan fingerprint density at radius 3 is 2.53 bits per heavy atom. The van der Waals surface area contributed by atoms with E-state index in [-0.39, 0.29) is 5.91 Å². The largest absolute Gasteiger partial charge is 0.340 e. The summed E-state index contributed by atoms with van der Waals surface area (Å²) in [4.78, 5) is 26.0. The molecule has 0 N–H and O–H groups in total. The van der Waals surface area contributed by atoms with Gasteiger partial charge in [-0.3, -0.25) is 19.1 Å². The quantitative estimate of drug-likeness (QED) is 0.622. The highest BCUT2D eigenvalue weighted by Crippen LogP contribution is 2.39. The zero-order valence-corrected chi connectivity index (χ0v) is 18.0. The average molecular weight is 424 g/mol. The van der Waals surface area contributed by atoms with Gasteiger partial charge in [-0.15, -0.1) is 0 Å². The maximum Gasteiger partial charge on any atom is 0.222 e. The number of rotatable bonds is 5. The molecule has 1 aliphatic carbocycles. The topological polar surface area (TPSA) is 53.7 Å². The Morgan fingerprint density at radius 1 is 1.13 bits per heavy atom. The molecule has 2 aliphatic rings. The van der Waals surface area contributed by atoms with Crippen LogP contribution < -0.4 is 0 Å². The van der Waals surface area contributed by atoms with E-state index in [4.69, 9.17) is 16.6 Å².